The first-order valence-corrected chi connectivity index (χ1v) is 7.85. The summed E-state index contributed by atoms with van der Waals surface area (Å²) in [5.74, 6) is 0.369. The summed E-state index contributed by atoms with van der Waals surface area (Å²) in [5.41, 5.74) is 1.50. The van der Waals surface area contributed by atoms with Crippen LogP contribution < -0.4 is 5.32 Å². The third kappa shape index (κ3) is 4.06. The van der Waals surface area contributed by atoms with Crippen LogP contribution in [0, 0.1) is 11.7 Å². The predicted molar refractivity (Wildman–Crippen MR) is 85.1 cm³/mol. The van der Waals surface area contributed by atoms with Crippen LogP contribution in [0.15, 0.2) is 47.1 Å². The van der Waals surface area contributed by atoms with E-state index in [1.165, 1.54) is 12.1 Å². The van der Waals surface area contributed by atoms with Crippen LogP contribution in [0.25, 0.3) is 11.5 Å². The van der Waals surface area contributed by atoms with Gasteiger partial charge in [-0.2, -0.15) is 0 Å². The zero-order valence-corrected chi connectivity index (χ0v) is 12.8. The molecule has 23 heavy (non-hydrogen) atoms. The molecule has 0 aliphatic heterocycles. The summed E-state index contributed by atoms with van der Waals surface area (Å²) in [5, 5.41) is 2.95. The number of benzene rings is 1. The standard InChI is InChI=1S/C18H19FN2O2/c19-15-8-6-14(7-9-15)18-21-16(12-23-18)10-11-20-17(22)13-4-2-1-3-5-13/h1-2,6-9,12-13H,3-5,10-11H2,(H,20,22)/t13-/m0/s1. The van der Waals surface area contributed by atoms with Gasteiger partial charge in [0.25, 0.3) is 0 Å². The molecule has 2 aromatic rings. The van der Waals surface area contributed by atoms with E-state index in [0.717, 1.165) is 30.5 Å². The molecule has 120 valence electrons. The number of halogens is 1. The van der Waals surface area contributed by atoms with Gasteiger partial charge in [0.05, 0.1) is 5.69 Å². The van der Waals surface area contributed by atoms with Gasteiger partial charge in [-0.15, -0.1) is 0 Å². The van der Waals surface area contributed by atoms with Crippen molar-refractivity contribution < 1.29 is 13.6 Å². The van der Waals surface area contributed by atoms with Crippen molar-refractivity contribution in [1.82, 2.24) is 10.3 Å². The molecule has 1 amide bonds. The lowest BCUT2D eigenvalue weighted by molar-refractivity contribution is -0.125. The Kier molecular flexibility index (Phi) is 4.86. The lowest BCUT2D eigenvalue weighted by Gasteiger charge is -2.16. The number of hydrogen-bond donors (Lipinski definition) is 1. The molecule has 1 heterocycles. The van der Waals surface area contributed by atoms with E-state index in [9.17, 15) is 9.18 Å². The molecule has 1 aromatic heterocycles. The van der Waals surface area contributed by atoms with Crippen molar-refractivity contribution in [2.45, 2.75) is 25.7 Å². The van der Waals surface area contributed by atoms with Gasteiger partial charge in [-0.25, -0.2) is 9.37 Å². The Morgan fingerprint density at radius 3 is 2.87 bits per heavy atom. The van der Waals surface area contributed by atoms with Crippen molar-refractivity contribution in [1.29, 1.82) is 0 Å². The number of nitrogens with zero attached hydrogens (tertiary/aromatic N) is 1. The van der Waals surface area contributed by atoms with Crippen molar-refractivity contribution in [2.75, 3.05) is 6.54 Å². The molecule has 0 radical (unpaired) electrons. The van der Waals surface area contributed by atoms with Crippen LogP contribution in [-0.4, -0.2) is 17.4 Å². The monoisotopic (exact) mass is 314 g/mol. The van der Waals surface area contributed by atoms with E-state index in [0.29, 0.717) is 18.9 Å². The molecule has 1 aliphatic carbocycles. The van der Waals surface area contributed by atoms with Crippen LogP contribution in [0.2, 0.25) is 0 Å². The first kappa shape index (κ1) is 15.5. The van der Waals surface area contributed by atoms with Gasteiger partial charge >= 0.3 is 0 Å². The quantitative estimate of drug-likeness (QED) is 0.859. The number of rotatable bonds is 5. The van der Waals surface area contributed by atoms with Crippen LogP contribution in [0.4, 0.5) is 4.39 Å². The zero-order valence-electron chi connectivity index (χ0n) is 12.8. The molecule has 1 aliphatic rings. The van der Waals surface area contributed by atoms with Crippen LogP contribution in [0.1, 0.15) is 25.0 Å². The van der Waals surface area contributed by atoms with Crippen molar-refractivity contribution in [3.05, 3.63) is 54.2 Å². The van der Waals surface area contributed by atoms with Gasteiger partial charge in [-0.1, -0.05) is 12.2 Å². The molecule has 0 saturated carbocycles. The molecule has 0 saturated heterocycles. The van der Waals surface area contributed by atoms with Gasteiger partial charge in [-0.05, 0) is 43.5 Å². The van der Waals surface area contributed by atoms with Gasteiger partial charge in [-0.3, -0.25) is 4.79 Å². The SMILES string of the molecule is O=C(NCCc1coc(-c2ccc(F)cc2)n1)[C@H]1CC=CCC1. The normalized spacial score (nSPS) is 17.2. The van der Waals surface area contributed by atoms with Crippen LogP contribution in [-0.2, 0) is 11.2 Å². The van der Waals surface area contributed by atoms with E-state index in [2.05, 4.69) is 22.5 Å². The van der Waals surface area contributed by atoms with Gasteiger partial charge in [0.1, 0.15) is 12.1 Å². The Bertz CT molecular complexity index is 691. The summed E-state index contributed by atoms with van der Waals surface area (Å²) < 4.78 is 18.3. The van der Waals surface area contributed by atoms with E-state index < -0.39 is 0 Å². The molecule has 0 bridgehead atoms. The Hall–Kier alpha value is -2.43. The van der Waals surface area contributed by atoms with Crippen molar-refractivity contribution in [3.8, 4) is 11.5 Å². The second-order valence-electron chi connectivity index (χ2n) is 5.67. The van der Waals surface area contributed by atoms with Gasteiger partial charge in [0.2, 0.25) is 11.8 Å². The molecule has 0 fully saturated rings. The molecule has 1 atom stereocenters. The smallest absolute Gasteiger partial charge is 0.226 e. The summed E-state index contributed by atoms with van der Waals surface area (Å²) >= 11 is 0. The van der Waals surface area contributed by atoms with Crippen LogP contribution >= 0.6 is 0 Å². The lowest BCUT2D eigenvalue weighted by atomic mass is 9.94. The topological polar surface area (TPSA) is 55.1 Å². The molecule has 0 spiro atoms. The highest BCUT2D eigenvalue weighted by atomic mass is 19.1. The number of allylic oxidation sites excluding steroid dienone is 2. The average Bonchev–Trinajstić information content (AvgIpc) is 3.05. The lowest BCUT2D eigenvalue weighted by Crippen LogP contribution is -2.32. The van der Waals surface area contributed by atoms with E-state index >= 15 is 0 Å². The summed E-state index contributed by atoms with van der Waals surface area (Å²) in [4.78, 5) is 16.4. The average molecular weight is 314 g/mol. The van der Waals surface area contributed by atoms with Crippen molar-refractivity contribution in [2.24, 2.45) is 5.92 Å². The number of carbonyl (C=O) groups excluding carboxylic acids is 1. The summed E-state index contributed by atoms with van der Waals surface area (Å²) in [7, 11) is 0. The summed E-state index contributed by atoms with van der Waals surface area (Å²) in [6.45, 7) is 0.536. The molecule has 0 unspecified atom stereocenters. The van der Waals surface area contributed by atoms with E-state index in [1.54, 1.807) is 18.4 Å². The predicted octanol–water partition coefficient (Wildman–Crippen LogP) is 3.50. The highest BCUT2D eigenvalue weighted by Gasteiger charge is 2.18. The molecular weight excluding hydrogens is 295 g/mol. The highest BCUT2D eigenvalue weighted by molar-refractivity contribution is 5.78. The molecule has 3 rings (SSSR count). The summed E-state index contributed by atoms with van der Waals surface area (Å²) in [6, 6.07) is 6.00. The van der Waals surface area contributed by atoms with E-state index in [4.69, 9.17) is 4.42 Å². The van der Waals surface area contributed by atoms with E-state index in [1.807, 2.05) is 0 Å². The number of nitrogens with one attached hydrogen (secondary N) is 1. The van der Waals surface area contributed by atoms with Crippen LogP contribution in [0.5, 0.6) is 0 Å². The highest BCUT2D eigenvalue weighted by Crippen LogP contribution is 2.20. The zero-order chi connectivity index (χ0) is 16.1. The Morgan fingerprint density at radius 1 is 1.30 bits per heavy atom. The molecule has 1 N–H and O–H groups in total. The number of oxazole rings is 1. The number of hydrogen-bond acceptors (Lipinski definition) is 3. The molecular formula is C18H19FN2O2. The maximum Gasteiger partial charge on any atom is 0.226 e. The number of aromatic nitrogens is 1. The minimum atomic E-state index is -0.291. The van der Waals surface area contributed by atoms with Crippen LogP contribution in [0.3, 0.4) is 0 Å². The Labute approximate surface area is 134 Å². The number of amides is 1. The minimum absolute atomic E-state index is 0.0899. The first-order chi connectivity index (χ1) is 11.2. The molecule has 1 aromatic carbocycles. The third-order valence-corrected chi connectivity index (χ3v) is 3.96. The fourth-order valence-electron chi connectivity index (χ4n) is 2.64. The van der Waals surface area contributed by atoms with Gasteiger partial charge < -0.3 is 9.73 Å². The maximum atomic E-state index is 12.9. The molecule has 4 nitrogen and oxygen atoms in total. The van der Waals surface area contributed by atoms with Crippen molar-refractivity contribution in [3.63, 3.8) is 0 Å². The second-order valence-corrected chi connectivity index (χ2v) is 5.67. The Balaban J connectivity index is 1.50. The van der Waals surface area contributed by atoms with Gasteiger partial charge in [0.15, 0.2) is 0 Å². The summed E-state index contributed by atoms with van der Waals surface area (Å²) in [6.07, 6.45) is 9.09. The maximum absolute atomic E-state index is 12.9. The first-order valence-electron chi connectivity index (χ1n) is 7.85. The van der Waals surface area contributed by atoms with Crippen molar-refractivity contribution >= 4 is 5.91 Å². The second kappa shape index (κ2) is 7.22. The Morgan fingerprint density at radius 2 is 2.13 bits per heavy atom. The van der Waals surface area contributed by atoms with E-state index in [-0.39, 0.29) is 17.6 Å². The fourth-order valence-corrected chi connectivity index (χ4v) is 2.64. The minimum Gasteiger partial charge on any atom is -0.444 e. The fraction of sp³-hybridized carbons (Fsp3) is 0.333. The van der Waals surface area contributed by atoms with Gasteiger partial charge in [0, 0.05) is 24.4 Å². The third-order valence-electron chi connectivity index (χ3n) is 3.96. The molecule has 5 heteroatoms. The largest absolute Gasteiger partial charge is 0.444 e. The number of carbonyl (C=O) groups is 1.